The zero-order valence-corrected chi connectivity index (χ0v) is 72.4. The van der Waals surface area contributed by atoms with Gasteiger partial charge in [0.15, 0.2) is 0 Å². The van der Waals surface area contributed by atoms with E-state index in [9.17, 15) is 9.50 Å². The molecule has 17 unspecified atom stereocenters. The number of aryl methyl sites for hydroxylation is 2. The SMILES string of the molecule is CCC(C)c1ccc2c(c1)C1OCCOC1C(c1ccc(O)cc1Cl)N2.CCC(C)c1ccc2c(c1)C1OCCOC1C(c1ccccc1C)N2.Cc1ccccc1C1Nc2ccc(C(C)(C)C)cc2C2OCOC12.Fc1ccccc1C1Nc2c(C3CC3)cccc2C2OCCOC12.c1cc(C2CC2)c2c(c1)C1OCCOC1C(c1ccsc1)N2. The zero-order valence-electron chi connectivity index (χ0n) is 70.8. The van der Waals surface area contributed by atoms with Crippen LogP contribution in [0.15, 0.2) is 199 Å². The summed E-state index contributed by atoms with van der Waals surface area (Å²) in [5, 5.41) is 33.0. The Morgan fingerprint density at radius 2 is 0.810 bits per heavy atom. The number of nitrogens with one attached hydrogen (secondary N) is 5. The van der Waals surface area contributed by atoms with Crippen LogP contribution in [0, 0.1) is 19.7 Å². The number of phenols is 1. The van der Waals surface area contributed by atoms with E-state index in [0.717, 1.165) is 52.5 Å². The van der Waals surface area contributed by atoms with Crippen molar-refractivity contribution in [3.8, 4) is 5.75 Å². The summed E-state index contributed by atoms with van der Waals surface area (Å²) in [4.78, 5) is 0. The second-order valence-corrected chi connectivity index (χ2v) is 36.7. The third-order valence-electron chi connectivity index (χ3n) is 26.7. The van der Waals surface area contributed by atoms with Crippen LogP contribution >= 0.6 is 22.9 Å². The van der Waals surface area contributed by atoms with Crippen molar-refractivity contribution >= 4 is 51.4 Å². The summed E-state index contributed by atoms with van der Waals surface area (Å²) in [5.74, 6) is 2.37. The van der Waals surface area contributed by atoms with E-state index >= 15 is 0 Å². The van der Waals surface area contributed by atoms with Gasteiger partial charge in [0.05, 0.1) is 83.1 Å². The first-order valence-electron chi connectivity index (χ1n) is 44.0. The maximum Gasteiger partial charge on any atom is 0.148 e. The molecule has 5 saturated heterocycles. The highest BCUT2D eigenvalue weighted by atomic mass is 35.5. The van der Waals surface area contributed by atoms with Crippen molar-refractivity contribution in [2.45, 2.75) is 221 Å². The van der Waals surface area contributed by atoms with Gasteiger partial charge in [0.2, 0.25) is 0 Å². The van der Waals surface area contributed by atoms with Crippen LogP contribution in [0.3, 0.4) is 0 Å². The number of thiophene rings is 1. The first-order valence-corrected chi connectivity index (χ1v) is 45.3. The molecule has 6 N–H and O–H groups in total. The maximum absolute atomic E-state index is 14.4. The lowest BCUT2D eigenvalue weighted by molar-refractivity contribution is -0.151. The molecule has 634 valence electrons. The van der Waals surface area contributed by atoms with Crippen LogP contribution in [0.25, 0.3) is 0 Å². The molecule has 17 atom stereocenters. The Bertz CT molecular complexity index is 5290. The molecule has 0 bridgehead atoms. The average molecular weight is 1670 g/mol. The summed E-state index contributed by atoms with van der Waals surface area (Å²) < 4.78 is 75.4. The van der Waals surface area contributed by atoms with Crippen LogP contribution in [0.1, 0.15) is 266 Å². The molecule has 1 aromatic heterocycles. The summed E-state index contributed by atoms with van der Waals surface area (Å²) >= 11 is 8.15. The number of hydrogen-bond donors (Lipinski definition) is 6. The average Bonchev–Trinajstić information content (AvgIpc) is 1.40. The van der Waals surface area contributed by atoms with Gasteiger partial charge in [0.1, 0.15) is 79.4 Å². The molecular weight excluding hydrogens is 1560 g/mol. The molecule has 0 spiro atoms. The minimum absolute atomic E-state index is 0.00128. The lowest BCUT2D eigenvalue weighted by atomic mass is 9.82. The molecule has 0 amide bonds. The first kappa shape index (κ1) is 83.2. The van der Waals surface area contributed by atoms with Gasteiger partial charge in [0, 0.05) is 66.8 Å². The molecule has 22 rings (SSSR count). The van der Waals surface area contributed by atoms with Crippen LogP contribution in [0.4, 0.5) is 32.8 Å². The number of ether oxygens (including phenoxy) is 10. The fraction of sp³-hybridized carbons (Fsp3) is 0.431. The highest BCUT2D eigenvalue weighted by Gasteiger charge is 2.49. The van der Waals surface area contributed by atoms with Gasteiger partial charge < -0.3 is 79.1 Å². The van der Waals surface area contributed by atoms with E-state index < -0.39 is 0 Å². The van der Waals surface area contributed by atoms with E-state index in [1.807, 2.05) is 18.2 Å². The van der Waals surface area contributed by atoms with Gasteiger partial charge in [0.25, 0.3) is 0 Å². The van der Waals surface area contributed by atoms with E-state index in [0.29, 0.717) is 88.0 Å². The van der Waals surface area contributed by atoms with E-state index in [1.165, 1.54) is 115 Å². The molecule has 11 heterocycles. The van der Waals surface area contributed by atoms with Crippen molar-refractivity contribution in [3.63, 3.8) is 0 Å². The number of para-hydroxylation sites is 2. The number of aromatic hydroxyl groups is 1. The van der Waals surface area contributed by atoms with Crippen molar-refractivity contribution in [1.29, 1.82) is 0 Å². The third-order valence-corrected chi connectivity index (χ3v) is 27.7. The Morgan fingerprint density at radius 1 is 0.405 bits per heavy atom. The molecule has 121 heavy (non-hydrogen) atoms. The minimum atomic E-state index is -0.232. The first-order chi connectivity index (χ1) is 59.0. The Kier molecular flexibility index (Phi) is 24.9. The Balaban J connectivity index is 0.000000104. The normalized spacial score (nSPS) is 27.2. The van der Waals surface area contributed by atoms with Crippen LogP contribution in [-0.4, -0.2) is 95.3 Å². The van der Waals surface area contributed by atoms with Crippen molar-refractivity contribution in [3.05, 3.63) is 304 Å². The third kappa shape index (κ3) is 17.3. The second-order valence-electron chi connectivity index (χ2n) is 35.5. The Hall–Kier alpha value is -8.70. The molecule has 0 radical (unpaired) electrons. The summed E-state index contributed by atoms with van der Waals surface area (Å²) in [6.45, 7) is 25.3. The van der Waals surface area contributed by atoms with Crippen LogP contribution < -0.4 is 26.6 Å². The maximum atomic E-state index is 14.4. The van der Waals surface area contributed by atoms with Crippen molar-refractivity contribution in [2.75, 3.05) is 86.2 Å². The van der Waals surface area contributed by atoms with Gasteiger partial charge >= 0.3 is 0 Å². The fourth-order valence-corrected chi connectivity index (χ4v) is 20.4. The molecule has 16 nitrogen and oxygen atoms in total. The van der Waals surface area contributed by atoms with Crippen molar-refractivity contribution in [2.24, 2.45) is 0 Å². The number of phenolic OH excluding ortho intramolecular Hbond substituents is 1. The van der Waals surface area contributed by atoms with Gasteiger partial charge in [-0.2, -0.15) is 11.3 Å². The Labute approximate surface area is 721 Å². The van der Waals surface area contributed by atoms with Crippen molar-refractivity contribution in [1.82, 2.24) is 0 Å². The van der Waals surface area contributed by atoms with Gasteiger partial charge in [-0.1, -0.05) is 206 Å². The summed E-state index contributed by atoms with van der Waals surface area (Å²) in [6.07, 6.45) is 6.81. The molecule has 12 aliphatic rings. The molecule has 7 fully saturated rings. The van der Waals surface area contributed by atoms with Gasteiger partial charge in [-0.3, -0.25) is 0 Å². The summed E-state index contributed by atoms with van der Waals surface area (Å²) in [7, 11) is 0. The number of anilines is 5. The lowest BCUT2D eigenvalue weighted by Crippen LogP contribution is -2.43. The predicted octanol–water partition coefficient (Wildman–Crippen LogP) is 23.8. The molecule has 10 aliphatic heterocycles. The highest BCUT2D eigenvalue weighted by Crippen LogP contribution is 2.56. The summed E-state index contributed by atoms with van der Waals surface area (Å²) in [6, 6.07) is 64.4. The second kappa shape index (κ2) is 36.2. The smallest absolute Gasteiger partial charge is 0.148 e. The molecule has 2 aliphatic carbocycles. The van der Waals surface area contributed by atoms with E-state index in [2.05, 4.69) is 245 Å². The fourth-order valence-electron chi connectivity index (χ4n) is 19.4. The largest absolute Gasteiger partial charge is 0.508 e. The van der Waals surface area contributed by atoms with E-state index in [-0.39, 0.29) is 108 Å². The minimum Gasteiger partial charge on any atom is -0.508 e. The Morgan fingerprint density at radius 3 is 1.27 bits per heavy atom. The quantitative estimate of drug-likeness (QED) is 0.0722. The number of halogens is 2. The van der Waals surface area contributed by atoms with Gasteiger partial charge in [-0.25, -0.2) is 4.39 Å². The zero-order chi connectivity index (χ0) is 83.2. The molecule has 9 aromatic carbocycles. The van der Waals surface area contributed by atoms with E-state index in [1.54, 1.807) is 29.5 Å². The van der Waals surface area contributed by atoms with Crippen LogP contribution in [-0.2, 0) is 52.8 Å². The molecule has 2 saturated carbocycles. The lowest BCUT2D eigenvalue weighted by Gasteiger charge is -2.43. The monoisotopic (exact) mass is 1670 g/mol. The summed E-state index contributed by atoms with van der Waals surface area (Å²) in [5.41, 5.74) is 26.8. The van der Waals surface area contributed by atoms with Crippen molar-refractivity contribution < 1.29 is 56.9 Å². The number of fused-ring (bicyclic) bond motifs is 15. The topological polar surface area (TPSA) is 173 Å². The standard InChI is InChI=1S/C22H27NO2.C21H24ClNO3.C21H25NO2.C20H20FNO2.C18H19NO2S/c1-4-14(2)16-9-10-19-18(13-16)21-22(25-12-11-24-21)20(23-19)17-8-6-5-7-15(17)3;1-3-12(2)13-4-7-18-16(10-13)20-21(26-9-8-25-20)19(23-18)15-6-5-14(24)11-17(15)22;1-13-7-5-6-8-15(13)18-20-19(23-12-24-20)16-11-14(21(2,3)4)9-10-17(16)22-18;21-16-7-2-1-4-14(16)18-20-19(23-10-11-24-20)15-6-3-5-13(12-8-9-12)17(15)22-18;1-2-13(11-4-5-11)16-14(3-1)17-18(21-8-7-20-17)15(19-16)12-6-9-22-10-12/h5-10,13-14,20-23H,4,11-12H2,1-3H3;4-7,10-12,19-21,23-24H,3,8-9H2,1-2H3;5-11,18-20,22H,12H2,1-4H3;1-7,12,18-20,22H,8-11H2;1-3,6,9-11,15,17-19H,4-5,7-8H2. The van der Waals surface area contributed by atoms with Crippen LogP contribution in [0.5, 0.6) is 5.75 Å². The van der Waals surface area contributed by atoms with Gasteiger partial charge in [-0.05, 0) is 196 Å². The highest BCUT2D eigenvalue weighted by molar-refractivity contribution is 7.08. The van der Waals surface area contributed by atoms with E-state index in [4.69, 9.17) is 59.0 Å². The molecule has 19 heteroatoms. The number of hydrogen-bond acceptors (Lipinski definition) is 17. The molecule has 10 aromatic rings. The van der Waals surface area contributed by atoms with Crippen LogP contribution in [0.2, 0.25) is 5.02 Å². The van der Waals surface area contributed by atoms with Gasteiger partial charge in [-0.15, -0.1) is 0 Å². The molecular formula is C102H115ClFN5O11S. The number of rotatable bonds is 11. The number of benzene rings is 9. The predicted molar refractivity (Wildman–Crippen MR) is 478 cm³/mol.